The summed E-state index contributed by atoms with van der Waals surface area (Å²) < 4.78 is 1.33. The minimum Gasteiger partial charge on any atom is -0.383 e. The number of hydrogen-bond donors (Lipinski definition) is 2. The van der Waals surface area contributed by atoms with Gasteiger partial charge < -0.3 is 10.6 Å². The molecular formula is C20H31N5O3S. The minimum atomic E-state index is -0.620. The van der Waals surface area contributed by atoms with E-state index < -0.39 is 11.2 Å². The molecule has 0 radical (unpaired) electrons. The molecule has 0 saturated carbocycles. The van der Waals surface area contributed by atoms with Crippen LogP contribution in [0.4, 0.5) is 11.5 Å². The van der Waals surface area contributed by atoms with E-state index in [2.05, 4.69) is 4.98 Å². The lowest BCUT2D eigenvalue weighted by Gasteiger charge is -2.27. The van der Waals surface area contributed by atoms with Crippen LogP contribution in [0.3, 0.4) is 0 Å². The number of rotatable bonds is 11. The van der Waals surface area contributed by atoms with Gasteiger partial charge in [0.05, 0.1) is 6.54 Å². The molecule has 0 aliphatic carbocycles. The zero-order valence-electron chi connectivity index (χ0n) is 17.4. The zero-order valence-corrected chi connectivity index (χ0v) is 18.3. The molecule has 0 spiro atoms. The Morgan fingerprint density at radius 1 is 1.24 bits per heavy atom. The van der Waals surface area contributed by atoms with Crippen LogP contribution in [0, 0.1) is 0 Å². The fourth-order valence-corrected chi connectivity index (χ4v) is 3.89. The van der Waals surface area contributed by atoms with Gasteiger partial charge in [-0.15, -0.1) is 11.3 Å². The number of nitrogens with zero attached hydrogens (tertiary/aromatic N) is 3. The van der Waals surface area contributed by atoms with Gasteiger partial charge in [0.1, 0.15) is 5.82 Å². The third-order valence-electron chi connectivity index (χ3n) is 4.73. The van der Waals surface area contributed by atoms with Crippen molar-refractivity contribution in [2.45, 2.75) is 53.1 Å². The number of carbonyl (C=O) groups excluding carboxylic acids is 1. The minimum absolute atomic E-state index is 0.0476. The second-order valence-corrected chi connectivity index (χ2v) is 7.96. The highest BCUT2D eigenvalue weighted by Gasteiger charge is 2.25. The van der Waals surface area contributed by atoms with Crippen LogP contribution in [-0.4, -0.2) is 40.0 Å². The highest BCUT2D eigenvalue weighted by atomic mass is 32.1. The Bertz CT molecular complexity index is 904. The Hall–Kier alpha value is -2.39. The molecule has 3 N–H and O–H groups in total. The highest BCUT2D eigenvalue weighted by molar-refractivity contribution is 7.09. The largest absolute Gasteiger partial charge is 0.383 e. The normalized spacial score (nSPS) is 11.2. The Morgan fingerprint density at radius 3 is 2.59 bits per heavy atom. The first-order valence-electron chi connectivity index (χ1n) is 10.1. The molecule has 0 atom stereocenters. The average Bonchev–Trinajstić information content (AvgIpc) is 3.19. The van der Waals surface area contributed by atoms with Gasteiger partial charge in [0.2, 0.25) is 5.91 Å². The number of amides is 1. The second-order valence-electron chi connectivity index (χ2n) is 6.93. The molecule has 1 amide bonds. The number of aromatic amines is 1. The van der Waals surface area contributed by atoms with Crippen molar-refractivity contribution in [3.8, 4) is 0 Å². The molecule has 0 saturated heterocycles. The molecule has 2 heterocycles. The molecule has 29 heavy (non-hydrogen) atoms. The standard InChI is InChI=1S/C20H31N5O3S/c1-4-7-11-24(16(26)14-23(6-3)13-15-9-8-12-29-15)17-18(21)25(10-5-2)20(28)22-19(17)27/h8-9,12H,4-7,10-11,13-14,21H2,1-3H3,(H,22,27,28). The molecule has 0 aliphatic heterocycles. The summed E-state index contributed by atoms with van der Waals surface area (Å²) in [5.41, 5.74) is 5.10. The lowest BCUT2D eigenvalue weighted by Crippen LogP contribution is -2.45. The van der Waals surface area contributed by atoms with Crippen molar-refractivity contribution < 1.29 is 4.79 Å². The van der Waals surface area contributed by atoms with Gasteiger partial charge in [-0.25, -0.2) is 4.79 Å². The van der Waals surface area contributed by atoms with Gasteiger partial charge in [0, 0.05) is 24.5 Å². The summed E-state index contributed by atoms with van der Waals surface area (Å²) in [6, 6.07) is 4.02. The van der Waals surface area contributed by atoms with E-state index in [1.807, 2.05) is 43.2 Å². The lowest BCUT2D eigenvalue weighted by molar-refractivity contribution is -0.119. The molecule has 0 unspecified atom stereocenters. The third kappa shape index (κ3) is 5.80. The summed E-state index contributed by atoms with van der Waals surface area (Å²) in [4.78, 5) is 44.9. The maximum Gasteiger partial charge on any atom is 0.330 e. The van der Waals surface area contributed by atoms with E-state index in [0.717, 1.165) is 12.8 Å². The van der Waals surface area contributed by atoms with Crippen LogP contribution < -0.4 is 21.9 Å². The Kier molecular flexibility index (Phi) is 8.66. The van der Waals surface area contributed by atoms with Gasteiger partial charge in [0.15, 0.2) is 5.69 Å². The fourth-order valence-electron chi connectivity index (χ4n) is 3.14. The van der Waals surface area contributed by atoms with E-state index in [4.69, 9.17) is 5.73 Å². The predicted octanol–water partition coefficient (Wildman–Crippen LogP) is 2.25. The number of nitrogens with two attached hydrogens (primary N) is 1. The van der Waals surface area contributed by atoms with Crippen molar-refractivity contribution in [3.63, 3.8) is 0 Å². The van der Waals surface area contributed by atoms with Crippen molar-refractivity contribution in [2.24, 2.45) is 0 Å². The summed E-state index contributed by atoms with van der Waals surface area (Å²) >= 11 is 1.65. The number of unbranched alkanes of at least 4 members (excludes halogenated alkanes) is 1. The van der Waals surface area contributed by atoms with E-state index in [0.29, 0.717) is 32.6 Å². The summed E-state index contributed by atoms with van der Waals surface area (Å²) in [5.74, 6) is -0.151. The van der Waals surface area contributed by atoms with Crippen molar-refractivity contribution in [3.05, 3.63) is 43.2 Å². The van der Waals surface area contributed by atoms with E-state index in [1.165, 1.54) is 14.3 Å². The second kappa shape index (κ2) is 11.0. The van der Waals surface area contributed by atoms with Crippen LogP contribution in [-0.2, 0) is 17.9 Å². The van der Waals surface area contributed by atoms with Crippen molar-refractivity contribution in [1.29, 1.82) is 0 Å². The quantitative estimate of drug-likeness (QED) is 0.579. The van der Waals surface area contributed by atoms with Gasteiger partial charge >= 0.3 is 5.69 Å². The first-order chi connectivity index (χ1) is 13.9. The summed E-state index contributed by atoms with van der Waals surface area (Å²) in [6.45, 7) is 8.23. The number of anilines is 2. The number of hydrogen-bond acceptors (Lipinski definition) is 6. The summed E-state index contributed by atoms with van der Waals surface area (Å²) in [6.07, 6.45) is 2.28. The number of H-pyrrole nitrogens is 1. The zero-order chi connectivity index (χ0) is 21.4. The molecule has 0 aromatic carbocycles. The molecule has 0 aliphatic rings. The van der Waals surface area contributed by atoms with Crippen molar-refractivity contribution in [1.82, 2.24) is 14.5 Å². The Labute approximate surface area is 175 Å². The highest BCUT2D eigenvalue weighted by Crippen LogP contribution is 2.19. The van der Waals surface area contributed by atoms with Crippen LogP contribution in [0.2, 0.25) is 0 Å². The van der Waals surface area contributed by atoms with E-state index in [9.17, 15) is 14.4 Å². The molecule has 2 aromatic rings. The van der Waals surface area contributed by atoms with E-state index in [-0.39, 0.29) is 24.0 Å². The number of likely N-dealkylation sites (N-methyl/N-ethyl adjacent to an activating group) is 1. The maximum absolute atomic E-state index is 13.2. The van der Waals surface area contributed by atoms with Crippen LogP contribution in [0.25, 0.3) is 0 Å². The summed E-state index contributed by atoms with van der Waals surface area (Å²) in [7, 11) is 0. The van der Waals surface area contributed by atoms with Crippen molar-refractivity contribution in [2.75, 3.05) is 30.3 Å². The monoisotopic (exact) mass is 421 g/mol. The number of aromatic nitrogens is 2. The van der Waals surface area contributed by atoms with Crippen LogP contribution in [0.15, 0.2) is 27.1 Å². The Morgan fingerprint density at radius 2 is 2.00 bits per heavy atom. The van der Waals surface area contributed by atoms with Gasteiger partial charge in [-0.2, -0.15) is 0 Å². The first kappa shape index (κ1) is 22.9. The summed E-state index contributed by atoms with van der Waals surface area (Å²) in [5, 5.41) is 2.01. The molecule has 9 heteroatoms. The Balaban J connectivity index is 2.35. The molecule has 0 bridgehead atoms. The molecule has 160 valence electrons. The van der Waals surface area contributed by atoms with Crippen LogP contribution in [0.5, 0.6) is 0 Å². The lowest BCUT2D eigenvalue weighted by atomic mass is 10.2. The van der Waals surface area contributed by atoms with Gasteiger partial charge in [-0.1, -0.05) is 33.3 Å². The molecule has 2 rings (SSSR count). The van der Waals surface area contributed by atoms with Crippen LogP contribution >= 0.6 is 11.3 Å². The molecule has 0 fully saturated rings. The molecule has 2 aromatic heterocycles. The number of thiophene rings is 1. The van der Waals surface area contributed by atoms with E-state index in [1.54, 1.807) is 11.3 Å². The SMILES string of the molecule is CCCCN(C(=O)CN(CC)Cc1cccs1)c1c(N)n(CCC)c(=O)[nH]c1=O. The number of nitrogens with one attached hydrogen (secondary N) is 1. The molecule has 8 nitrogen and oxygen atoms in total. The molecular weight excluding hydrogens is 390 g/mol. The number of carbonyl (C=O) groups is 1. The van der Waals surface area contributed by atoms with E-state index >= 15 is 0 Å². The van der Waals surface area contributed by atoms with Crippen LogP contribution in [0.1, 0.15) is 44.9 Å². The smallest absolute Gasteiger partial charge is 0.330 e. The maximum atomic E-state index is 13.2. The fraction of sp³-hybridized carbons (Fsp3) is 0.550. The van der Waals surface area contributed by atoms with Gasteiger partial charge in [0.25, 0.3) is 5.56 Å². The van der Waals surface area contributed by atoms with Gasteiger partial charge in [-0.05, 0) is 30.8 Å². The predicted molar refractivity (Wildman–Crippen MR) is 119 cm³/mol. The number of nitrogen functional groups attached to an aromatic ring is 1. The van der Waals surface area contributed by atoms with Gasteiger partial charge in [-0.3, -0.25) is 24.0 Å². The first-order valence-corrected chi connectivity index (χ1v) is 11.0. The average molecular weight is 422 g/mol. The topological polar surface area (TPSA) is 104 Å². The van der Waals surface area contributed by atoms with Crippen molar-refractivity contribution >= 4 is 28.7 Å². The third-order valence-corrected chi connectivity index (χ3v) is 5.59.